The van der Waals surface area contributed by atoms with Crippen LogP contribution in [0.25, 0.3) is 5.69 Å². The van der Waals surface area contributed by atoms with Crippen LogP contribution in [0, 0.1) is 5.82 Å². The Morgan fingerprint density at radius 1 is 1.07 bits per heavy atom. The molecule has 0 saturated carbocycles. The van der Waals surface area contributed by atoms with Crippen molar-refractivity contribution in [3.8, 4) is 5.69 Å². The first kappa shape index (κ1) is 21.6. The third-order valence-electron chi connectivity index (χ3n) is 4.67. The summed E-state index contributed by atoms with van der Waals surface area (Å²) < 4.78 is 15.0. The fraction of sp³-hybridized carbons (Fsp3) is 0.227. The Morgan fingerprint density at radius 3 is 2.27 bits per heavy atom. The third kappa shape index (κ3) is 4.54. The Bertz CT molecular complexity index is 1030. The number of amides is 2. The van der Waals surface area contributed by atoms with Crippen LogP contribution in [0.3, 0.4) is 0 Å². The number of hydrogen-bond donors (Lipinski definition) is 1. The smallest absolute Gasteiger partial charge is 0.274 e. The predicted molar refractivity (Wildman–Crippen MR) is 117 cm³/mol. The van der Waals surface area contributed by atoms with E-state index in [0.29, 0.717) is 40.9 Å². The highest BCUT2D eigenvalue weighted by Crippen LogP contribution is 2.23. The average molecular weight is 427 g/mol. The molecule has 0 bridgehead atoms. The molecule has 2 amide bonds. The molecule has 1 aromatic heterocycles. The van der Waals surface area contributed by atoms with Crippen molar-refractivity contribution >= 4 is 29.3 Å². The summed E-state index contributed by atoms with van der Waals surface area (Å²) in [7, 11) is 0. The molecule has 0 aliphatic heterocycles. The molecule has 0 aliphatic rings. The maximum atomic E-state index is 13.3. The van der Waals surface area contributed by atoms with Gasteiger partial charge in [0.1, 0.15) is 11.5 Å². The quantitative estimate of drug-likeness (QED) is 0.566. The Labute approximate surface area is 179 Å². The molecule has 0 spiro atoms. The molecular weight excluding hydrogens is 403 g/mol. The van der Waals surface area contributed by atoms with Crippen LogP contribution in [0.5, 0.6) is 0 Å². The van der Waals surface area contributed by atoms with Crippen LogP contribution in [0.2, 0.25) is 0 Å². The summed E-state index contributed by atoms with van der Waals surface area (Å²) >= 11 is 1.39. The van der Waals surface area contributed by atoms with Gasteiger partial charge in [-0.15, -0.1) is 0 Å². The van der Waals surface area contributed by atoms with Crippen molar-refractivity contribution in [1.29, 1.82) is 0 Å². The number of halogens is 1. The molecule has 0 aliphatic carbocycles. The molecule has 0 unspecified atom stereocenters. The summed E-state index contributed by atoms with van der Waals surface area (Å²) in [6, 6.07) is 12.7. The summed E-state index contributed by atoms with van der Waals surface area (Å²) in [4.78, 5) is 31.3. The molecule has 30 heavy (non-hydrogen) atoms. The first-order valence-electron chi connectivity index (χ1n) is 9.56. The maximum Gasteiger partial charge on any atom is 0.274 e. The minimum Gasteiger partial charge on any atom is -0.339 e. The first-order chi connectivity index (χ1) is 14.5. The van der Waals surface area contributed by atoms with Gasteiger partial charge in [-0.1, -0.05) is 11.8 Å². The summed E-state index contributed by atoms with van der Waals surface area (Å²) in [6.45, 7) is 5.14. The highest BCUT2D eigenvalue weighted by atomic mass is 32.2. The van der Waals surface area contributed by atoms with Crippen molar-refractivity contribution in [2.24, 2.45) is 0 Å². The van der Waals surface area contributed by atoms with Gasteiger partial charge in [0, 0.05) is 30.0 Å². The molecule has 0 atom stereocenters. The van der Waals surface area contributed by atoms with Gasteiger partial charge in [-0.05, 0) is 68.6 Å². The fourth-order valence-corrected chi connectivity index (χ4v) is 3.61. The number of thioether (sulfide) groups is 1. The van der Waals surface area contributed by atoms with Gasteiger partial charge in [-0.25, -0.2) is 9.37 Å². The lowest BCUT2D eigenvalue weighted by Gasteiger charge is -2.18. The number of anilines is 1. The van der Waals surface area contributed by atoms with Crippen LogP contribution in [0.1, 0.15) is 34.7 Å². The predicted octanol–water partition coefficient (Wildman–Crippen LogP) is 4.47. The molecule has 1 heterocycles. The Balaban J connectivity index is 1.82. The Hall–Kier alpha value is -3.13. The number of carbonyl (C=O) groups excluding carboxylic acids is 2. The fourth-order valence-electron chi connectivity index (χ4n) is 3.06. The number of hydrogen-bond acceptors (Lipinski definition) is 4. The SMILES string of the molecule is CCN(CC)C(=O)c1ccc(NC(=O)c2cnc(SC)n2-c2ccc(F)cc2)cc1. The standard InChI is InChI=1S/C22H23FN4O2S/c1-4-26(5-2)21(29)15-6-10-17(11-7-15)25-20(28)19-14-24-22(30-3)27(19)18-12-8-16(23)9-13-18/h6-14H,4-5H2,1-3H3,(H,25,28). The molecule has 8 heteroatoms. The van der Waals surface area contributed by atoms with Gasteiger partial charge >= 0.3 is 0 Å². The lowest BCUT2D eigenvalue weighted by Crippen LogP contribution is -2.30. The zero-order valence-electron chi connectivity index (χ0n) is 17.1. The number of imidazole rings is 1. The van der Waals surface area contributed by atoms with E-state index in [0.717, 1.165) is 0 Å². The summed E-state index contributed by atoms with van der Waals surface area (Å²) in [5.41, 5.74) is 2.10. The maximum absolute atomic E-state index is 13.3. The zero-order chi connectivity index (χ0) is 21.7. The number of nitrogens with zero attached hydrogens (tertiary/aromatic N) is 3. The van der Waals surface area contributed by atoms with Gasteiger partial charge in [-0.3, -0.25) is 14.2 Å². The van der Waals surface area contributed by atoms with Crippen LogP contribution < -0.4 is 5.32 Å². The van der Waals surface area contributed by atoms with E-state index < -0.39 is 0 Å². The third-order valence-corrected chi connectivity index (χ3v) is 5.32. The van der Waals surface area contributed by atoms with Crippen molar-refractivity contribution in [2.45, 2.75) is 19.0 Å². The minimum atomic E-state index is -0.352. The highest BCUT2D eigenvalue weighted by Gasteiger charge is 2.18. The van der Waals surface area contributed by atoms with E-state index >= 15 is 0 Å². The van der Waals surface area contributed by atoms with Crippen molar-refractivity contribution in [1.82, 2.24) is 14.5 Å². The summed E-state index contributed by atoms with van der Waals surface area (Å²) in [5.74, 6) is -0.748. The van der Waals surface area contributed by atoms with E-state index in [4.69, 9.17) is 0 Å². The molecule has 2 aromatic carbocycles. The molecule has 156 valence electrons. The normalized spacial score (nSPS) is 10.7. The van der Waals surface area contributed by atoms with Gasteiger partial charge in [0.25, 0.3) is 11.8 Å². The van der Waals surface area contributed by atoms with E-state index in [1.54, 1.807) is 45.9 Å². The molecule has 0 saturated heterocycles. The van der Waals surface area contributed by atoms with Gasteiger partial charge in [-0.2, -0.15) is 0 Å². The first-order valence-corrected chi connectivity index (χ1v) is 10.8. The molecule has 3 rings (SSSR count). The molecule has 6 nitrogen and oxygen atoms in total. The van der Waals surface area contributed by atoms with Crippen LogP contribution >= 0.6 is 11.8 Å². The minimum absolute atomic E-state index is 0.0446. The zero-order valence-corrected chi connectivity index (χ0v) is 17.9. The van der Waals surface area contributed by atoms with Crippen LogP contribution in [0.4, 0.5) is 10.1 Å². The summed E-state index contributed by atoms with van der Waals surface area (Å²) in [6.07, 6.45) is 3.35. The van der Waals surface area contributed by atoms with E-state index in [9.17, 15) is 14.0 Å². The Morgan fingerprint density at radius 2 is 1.70 bits per heavy atom. The van der Waals surface area contributed by atoms with Crippen molar-refractivity contribution in [3.05, 3.63) is 71.8 Å². The second-order valence-corrected chi connectivity index (χ2v) is 7.22. The molecule has 0 fully saturated rings. The molecule has 3 aromatic rings. The number of aromatic nitrogens is 2. The topological polar surface area (TPSA) is 67.2 Å². The molecule has 1 N–H and O–H groups in total. The van der Waals surface area contributed by atoms with Crippen LogP contribution in [-0.2, 0) is 0 Å². The highest BCUT2D eigenvalue weighted by molar-refractivity contribution is 7.98. The van der Waals surface area contributed by atoms with Gasteiger partial charge in [0.2, 0.25) is 0 Å². The van der Waals surface area contributed by atoms with Gasteiger partial charge in [0.15, 0.2) is 5.16 Å². The number of carbonyl (C=O) groups is 2. The van der Waals surface area contributed by atoms with E-state index in [-0.39, 0.29) is 17.6 Å². The van der Waals surface area contributed by atoms with E-state index in [1.807, 2.05) is 20.1 Å². The van der Waals surface area contributed by atoms with E-state index in [2.05, 4.69) is 10.3 Å². The largest absolute Gasteiger partial charge is 0.339 e. The average Bonchev–Trinajstić information content (AvgIpc) is 3.20. The summed E-state index contributed by atoms with van der Waals surface area (Å²) in [5, 5.41) is 3.45. The number of rotatable bonds is 7. The second kappa shape index (κ2) is 9.58. The van der Waals surface area contributed by atoms with Crippen LogP contribution in [-0.4, -0.2) is 45.6 Å². The van der Waals surface area contributed by atoms with Gasteiger partial charge < -0.3 is 10.2 Å². The number of nitrogens with one attached hydrogen (secondary N) is 1. The monoisotopic (exact) mass is 426 g/mol. The van der Waals surface area contributed by atoms with Crippen molar-refractivity contribution < 1.29 is 14.0 Å². The molecular formula is C22H23FN4O2S. The second-order valence-electron chi connectivity index (χ2n) is 6.45. The van der Waals surface area contributed by atoms with Crippen molar-refractivity contribution in [2.75, 3.05) is 24.7 Å². The van der Waals surface area contributed by atoms with Gasteiger partial charge in [0.05, 0.1) is 6.20 Å². The Kier molecular flexibility index (Phi) is 6.89. The lowest BCUT2D eigenvalue weighted by atomic mass is 10.1. The van der Waals surface area contributed by atoms with Crippen LogP contribution in [0.15, 0.2) is 59.9 Å². The number of benzene rings is 2. The molecule has 0 radical (unpaired) electrons. The lowest BCUT2D eigenvalue weighted by molar-refractivity contribution is 0.0773. The van der Waals surface area contributed by atoms with Crippen molar-refractivity contribution in [3.63, 3.8) is 0 Å². The van der Waals surface area contributed by atoms with E-state index in [1.165, 1.54) is 30.1 Å².